The second-order valence-electron chi connectivity index (χ2n) is 7.04. The number of benzene rings is 2. The first kappa shape index (κ1) is 18.7. The van der Waals surface area contributed by atoms with Crippen molar-refractivity contribution >= 4 is 34.2 Å². The predicted octanol–water partition coefficient (Wildman–Crippen LogP) is 4.84. The minimum atomic E-state index is -1.05. The minimum absolute atomic E-state index is 0.0254. The number of aromatic nitrogens is 3. The zero-order valence-electron chi connectivity index (χ0n) is 16.5. The first-order chi connectivity index (χ1) is 13.8. The van der Waals surface area contributed by atoms with Crippen LogP contribution in [0.15, 0.2) is 45.7 Å². The number of aryl methyl sites for hydroxylation is 3. The third kappa shape index (κ3) is 3.56. The quantitative estimate of drug-likeness (QED) is 0.516. The van der Waals surface area contributed by atoms with Crippen molar-refractivity contribution < 1.29 is 8.90 Å². The van der Waals surface area contributed by atoms with E-state index in [1.807, 2.05) is 19.1 Å². The Hall–Kier alpha value is -3.68. The Bertz CT molecular complexity index is 1270. The van der Waals surface area contributed by atoms with Crippen molar-refractivity contribution in [3.63, 3.8) is 0 Å². The van der Waals surface area contributed by atoms with E-state index < -0.39 is 5.76 Å². The van der Waals surface area contributed by atoms with Gasteiger partial charge >= 0.3 is 5.76 Å². The summed E-state index contributed by atoms with van der Waals surface area (Å²) >= 11 is 0. The molecule has 2 heterocycles. The molecule has 0 aliphatic heterocycles. The van der Waals surface area contributed by atoms with Crippen LogP contribution >= 0.6 is 0 Å². The lowest BCUT2D eigenvalue weighted by Gasteiger charge is -2.13. The van der Waals surface area contributed by atoms with E-state index >= 15 is 0 Å². The molecule has 0 atom stereocenters. The maximum atomic E-state index is 13.8. The van der Waals surface area contributed by atoms with Crippen molar-refractivity contribution in [1.29, 1.82) is 0 Å². The molecule has 2 aromatic heterocycles. The minimum Gasteiger partial charge on any atom is -0.406 e. The fourth-order valence-corrected chi connectivity index (χ4v) is 3.07. The van der Waals surface area contributed by atoms with Crippen LogP contribution in [0.5, 0.6) is 0 Å². The molecule has 0 saturated carbocycles. The van der Waals surface area contributed by atoms with Crippen molar-refractivity contribution in [2.75, 3.05) is 10.6 Å². The Morgan fingerprint density at radius 3 is 2.41 bits per heavy atom. The normalized spacial score (nSPS) is 11.1. The van der Waals surface area contributed by atoms with Gasteiger partial charge in [0.2, 0.25) is 5.95 Å². The molecule has 0 amide bonds. The lowest BCUT2D eigenvalue weighted by atomic mass is 10.0. The summed E-state index contributed by atoms with van der Waals surface area (Å²) < 4.78 is 18.6. The Balaban J connectivity index is 1.63. The molecule has 0 spiro atoms. The van der Waals surface area contributed by atoms with Crippen molar-refractivity contribution in [1.82, 2.24) is 14.8 Å². The second kappa shape index (κ2) is 7.05. The van der Waals surface area contributed by atoms with Gasteiger partial charge in [0, 0.05) is 23.1 Å². The monoisotopic (exact) mass is 393 g/mol. The molecule has 4 rings (SSSR count). The fourth-order valence-electron chi connectivity index (χ4n) is 3.07. The molecule has 7 nitrogen and oxygen atoms in total. The lowest BCUT2D eigenvalue weighted by molar-refractivity contribution is 0.331. The zero-order valence-corrected chi connectivity index (χ0v) is 16.5. The number of halogens is 1. The first-order valence-corrected chi connectivity index (χ1v) is 9.09. The van der Waals surface area contributed by atoms with E-state index in [1.54, 1.807) is 12.3 Å². The predicted molar refractivity (Wildman–Crippen MR) is 111 cm³/mol. The Kier molecular flexibility index (Phi) is 4.54. The van der Waals surface area contributed by atoms with Crippen LogP contribution in [-0.4, -0.2) is 14.8 Å². The Morgan fingerprint density at radius 1 is 0.966 bits per heavy atom. The highest BCUT2D eigenvalue weighted by Crippen LogP contribution is 2.25. The molecule has 0 saturated heterocycles. The summed E-state index contributed by atoms with van der Waals surface area (Å²) in [6.07, 6.45) is 1.70. The zero-order chi connectivity index (χ0) is 20.7. The van der Waals surface area contributed by atoms with Crippen LogP contribution in [0, 0.1) is 27.7 Å². The molecule has 0 radical (unpaired) electrons. The number of hydrogen-bond acceptors (Lipinski definition) is 6. The van der Waals surface area contributed by atoms with E-state index in [9.17, 15) is 9.28 Å². The van der Waals surface area contributed by atoms with Gasteiger partial charge in [-0.15, -0.1) is 4.79 Å². The van der Waals surface area contributed by atoms with Crippen molar-refractivity contribution in [2.24, 2.45) is 0 Å². The van der Waals surface area contributed by atoms with E-state index in [1.165, 1.54) is 28.8 Å². The van der Waals surface area contributed by atoms with E-state index in [0.29, 0.717) is 17.5 Å². The summed E-state index contributed by atoms with van der Waals surface area (Å²) in [6.45, 7) is 8.08. The summed E-state index contributed by atoms with van der Waals surface area (Å²) in [7, 11) is 0. The number of oxazole rings is 1. The van der Waals surface area contributed by atoms with Crippen LogP contribution in [0.25, 0.3) is 11.1 Å². The number of fused-ring (bicyclic) bond motifs is 1. The third-order valence-corrected chi connectivity index (χ3v) is 4.95. The third-order valence-electron chi connectivity index (χ3n) is 4.95. The van der Waals surface area contributed by atoms with Gasteiger partial charge in [-0.05, 0) is 74.7 Å². The van der Waals surface area contributed by atoms with Gasteiger partial charge in [-0.25, -0.2) is 9.78 Å². The summed E-state index contributed by atoms with van der Waals surface area (Å²) in [6, 6.07) is 8.80. The number of nitrogens with zero attached hydrogens (tertiary/aromatic N) is 3. The van der Waals surface area contributed by atoms with Gasteiger partial charge in [0.15, 0.2) is 5.58 Å². The maximum Gasteiger partial charge on any atom is 0.448 e. The lowest BCUT2D eigenvalue weighted by Crippen LogP contribution is -2.05. The van der Waals surface area contributed by atoms with Crippen molar-refractivity contribution in [3.8, 4) is 0 Å². The highest BCUT2D eigenvalue weighted by Gasteiger charge is 2.11. The molecule has 0 aliphatic rings. The number of anilines is 4. The smallest absolute Gasteiger partial charge is 0.406 e. The highest BCUT2D eigenvalue weighted by atomic mass is 19.2. The molecular formula is C21H20FN5O2. The van der Waals surface area contributed by atoms with Gasteiger partial charge < -0.3 is 15.1 Å². The van der Waals surface area contributed by atoms with Crippen LogP contribution in [-0.2, 0) is 0 Å². The van der Waals surface area contributed by atoms with E-state index in [4.69, 9.17) is 4.42 Å². The Morgan fingerprint density at radius 2 is 1.69 bits per heavy atom. The number of hydrogen-bond donors (Lipinski definition) is 2. The average molecular weight is 393 g/mol. The standard InChI is InChI=1S/C21H20FN5O2/c1-11-7-16(8-12(2)14(11)4)25-20-23-10-13(3)19(26-20)24-15-5-6-18-17(9-15)27(22)21(28)29-18/h5-10H,1-4H3,(H2,23,24,25,26). The highest BCUT2D eigenvalue weighted by molar-refractivity contribution is 5.79. The fraction of sp³-hybridized carbons (Fsp3) is 0.190. The van der Waals surface area contributed by atoms with E-state index in [2.05, 4.69) is 41.4 Å². The molecule has 0 unspecified atom stereocenters. The van der Waals surface area contributed by atoms with Gasteiger partial charge in [-0.3, -0.25) is 0 Å². The Labute approximate surface area is 166 Å². The van der Waals surface area contributed by atoms with Gasteiger partial charge in [-0.1, -0.05) is 4.48 Å². The topological polar surface area (TPSA) is 85.0 Å². The molecule has 8 heteroatoms. The van der Waals surface area contributed by atoms with Crippen molar-refractivity contribution in [2.45, 2.75) is 27.7 Å². The summed E-state index contributed by atoms with van der Waals surface area (Å²) in [5, 5.41) is 6.37. The first-order valence-electron chi connectivity index (χ1n) is 9.09. The maximum absolute atomic E-state index is 13.8. The SMILES string of the molecule is Cc1cnc(Nc2cc(C)c(C)c(C)c2)nc1Nc1ccc2oc(=O)n(F)c2c1. The molecule has 4 aromatic rings. The molecule has 0 bridgehead atoms. The van der Waals surface area contributed by atoms with Gasteiger partial charge in [0.25, 0.3) is 0 Å². The molecule has 0 fully saturated rings. The number of rotatable bonds is 4. The number of nitrogens with one attached hydrogen (secondary N) is 2. The molecular weight excluding hydrogens is 373 g/mol. The second-order valence-corrected chi connectivity index (χ2v) is 7.04. The molecule has 29 heavy (non-hydrogen) atoms. The van der Waals surface area contributed by atoms with Crippen LogP contribution in [0.3, 0.4) is 0 Å². The summed E-state index contributed by atoms with van der Waals surface area (Å²) in [5.41, 5.74) is 6.14. The molecule has 0 aliphatic carbocycles. The molecule has 148 valence electrons. The summed E-state index contributed by atoms with van der Waals surface area (Å²) in [5.74, 6) is -0.0447. The average Bonchev–Trinajstić information content (AvgIpc) is 2.96. The van der Waals surface area contributed by atoms with Crippen LogP contribution in [0.4, 0.5) is 27.6 Å². The van der Waals surface area contributed by atoms with Gasteiger partial charge in [-0.2, -0.15) is 4.98 Å². The van der Waals surface area contributed by atoms with Crippen LogP contribution < -0.4 is 16.4 Å². The summed E-state index contributed by atoms with van der Waals surface area (Å²) in [4.78, 5) is 20.2. The van der Waals surface area contributed by atoms with Crippen LogP contribution in [0.1, 0.15) is 22.3 Å². The van der Waals surface area contributed by atoms with Gasteiger partial charge in [0.05, 0.1) is 0 Å². The van der Waals surface area contributed by atoms with E-state index in [-0.39, 0.29) is 15.9 Å². The van der Waals surface area contributed by atoms with E-state index in [0.717, 1.165) is 11.3 Å². The van der Waals surface area contributed by atoms with Crippen molar-refractivity contribution in [3.05, 3.63) is 69.3 Å². The van der Waals surface area contributed by atoms with Crippen LogP contribution in [0.2, 0.25) is 0 Å². The molecule has 2 N–H and O–H groups in total. The largest absolute Gasteiger partial charge is 0.448 e. The van der Waals surface area contributed by atoms with Gasteiger partial charge in [0.1, 0.15) is 11.3 Å². The molecule has 2 aromatic carbocycles.